The number of phenolic OH excluding ortho intramolecular Hbond substituents is 1. The maximum Gasteiger partial charge on any atom is 0.142 e. The number of rotatable bonds is 9. The number of aromatic hydroxyl groups is 1. The lowest BCUT2D eigenvalue weighted by molar-refractivity contribution is 0.196. The molecule has 0 bridgehead atoms. The topological polar surface area (TPSA) is 32.7 Å². The number of ether oxygens (including phenoxy) is 1. The van der Waals surface area contributed by atoms with E-state index in [0.29, 0.717) is 12.4 Å². The van der Waals surface area contributed by atoms with Gasteiger partial charge in [0.2, 0.25) is 0 Å². The first-order valence-corrected chi connectivity index (χ1v) is 14.3. The lowest BCUT2D eigenvalue weighted by Gasteiger charge is -2.32. The van der Waals surface area contributed by atoms with Crippen LogP contribution in [0.3, 0.4) is 0 Å². The molecule has 0 aromatic heterocycles. The number of hydrogen-bond acceptors (Lipinski definition) is 3. The van der Waals surface area contributed by atoms with Gasteiger partial charge in [0.1, 0.15) is 5.75 Å². The fourth-order valence-corrected chi connectivity index (χ4v) is 5.55. The molecule has 0 saturated carbocycles. The second-order valence-electron chi connectivity index (χ2n) is 12.5. The van der Waals surface area contributed by atoms with E-state index in [-0.39, 0.29) is 10.8 Å². The van der Waals surface area contributed by atoms with E-state index in [0.717, 1.165) is 41.0 Å². The summed E-state index contributed by atoms with van der Waals surface area (Å²) in [5.74, 6) is 0.348. The maximum atomic E-state index is 11.6. The van der Waals surface area contributed by atoms with Crippen molar-refractivity contribution in [1.29, 1.82) is 0 Å². The van der Waals surface area contributed by atoms with Crippen LogP contribution in [0.5, 0.6) is 5.75 Å². The van der Waals surface area contributed by atoms with Crippen LogP contribution in [0.2, 0.25) is 0 Å². The molecule has 0 fully saturated rings. The molecule has 40 heavy (non-hydrogen) atoms. The molecule has 0 radical (unpaired) electrons. The molecule has 4 rings (SSSR count). The molecule has 0 heterocycles. The van der Waals surface area contributed by atoms with E-state index in [1.807, 2.05) is 0 Å². The molecule has 0 aliphatic carbocycles. The smallest absolute Gasteiger partial charge is 0.142 e. The van der Waals surface area contributed by atoms with Crippen molar-refractivity contribution in [3.63, 3.8) is 0 Å². The molecule has 0 aliphatic rings. The van der Waals surface area contributed by atoms with Gasteiger partial charge in [-0.1, -0.05) is 113 Å². The minimum atomic E-state index is -0.183. The highest BCUT2D eigenvalue weighted by Crippen LogP contribution is 2.45. The Morgan fingerprint density at radius 3 is 2.05 bits per heavy atom. The summed E-state index contributed by atoms with van der Waals surface area (Å²) in [4.78, 5) is 2.27. The van der Waals surface area contributed by atoms with Gasteiger partial charge in [-0.3, -0.25) is 0 Å². The summed E-state index contributed by atoms with van der Waals surface area (Å²) in [7, 11) is 1.74. The summed E-state index contributed by atoms with van der Waals surface area (Å²) in [6.07, 6.45) is 0.836. The van der Waals surface area contributed by atoms with Crippen LogP contribution in [-0.2, 0) is 15.6 Å². The zero-order valence-corrected chi connectivity index (χ0v) is 25.5. The fourth-order valence-electron chi connectivity index (χ4n) is 5.55. The van der Waals surface area contributed by atoms with Crippen LogP contribution in [0.1, 0.15) is 68.9 Å². The predicted octanol–water partition coefficient (Wildman–Crippen LogP) is 9.47. The number of hydrogen-bond donors (Lipinski definition) is 1. The van der Waals surface area contributed by atoms with Crippen molar-refractivity contribution in [2.75, 3.05) is 25.2 Å². The Morgan fingerprint density at radius 2 is 1.38 bits per heavy atom. The lowest BCUT2D eigenvalue weighted by Crippen LogP contribution is -2.22. The van der Waals surface area contributed by atoms with Gasteiger partial charge in [-0.15, -0.1) is 0 Å². The van der Waals surface area contributed by atoms with E-state index in [4.69, 9.17) is 4.74 Å². The molecule has 0 saturated heterocycles. The molecular formula is C37H45NO2. The first-order valence-electron chi connectivity index (χ1n) is 14.3. The van der Waals surface area contributed by atoms with Crippen molar-refractivity contribution in [1.82, 2.24) is 0 Å². The number of aryl methyl sites for hydroxylation is 2. The molecule has 4 aromatic carbocycles. The molecule has 0 amide bonds. The standard InChI is InChI=1S/C37H45NO2/c1-26-21-28(25-30(22-26)37(6,7)29-15-10-9-11-16-29)31-17-12-13-18-33(31)38(19-14-20-40-8)34-24-27(2)23-32(35(34)39)36(3,4)5/h9-13,15-18,21-25,39H,14,19-20H2,1-8H3. The Labute approximate surface area is 241 Å². The molecule has 0 aliphatic heterocycles. The Bertz CT molecular complexity index is 1450. The summed E-state index contributed by atoms with van der Waals surface area (Å²) in [5, 5.41) is 11.6. The van der Waals surface area contributed by atoms with E-state index in [2.05, 4.69) is 138 Å². The maximum absolute atomic E-state index is 11.6. The van der Waals surface area contributed by atoms with E-state index in [1.165, 1.54) is 22.3 Å². The minimum Gasteiger partial charge on any atom is -0.505 e. The Balaban J connectivity index is 1.90. The average molecular weight is 536 g/mol. The quantitative estimate of drug-likeness (QED) is 0.217. The summed E-state index contributed by atoms with van der Waals surface area (Å²) in [6, 6.07) is 30.4. The van der Waals surface area contributed by atoms with Crippen LogP contribution in [0, 0.1) is 13.8 Å². The molecule has 1 N–H and O–H groups in total. The van der Waals surface area contributed by atoms with Gasteiger partial charge in [0.25, 0.3) is 0 Å². The van der Waals surface area contributed by atoms with Gasteiger partial charge in [-0.25, -0.2) is 0 Å². The van der Waals surface area contributed by atoms with E-state index >= 15 is 0 Å². The molecule has 0 unspecified atom stereocenters. The fraction of sp³-hybridized carbons (Fsp3) is 0.351. The summed E-state index contributed by atoms with van der Waals surface area (Å²) in [6.45, 7) is 16.7. The van der Waals surface area contributed by atoms with Gasteiger partial charge in [-0.2, -0.15) is 0 Å². The number of anilines is 2. The van der Waals surface area contributed by atoms with Crippen molar-refractivity contribution < 1.29 is 9.84 Å². The van der Waals surface area contributed by atoms with Crippen molar-refractivity contribution >= 4 is 11.4 Å². The highest BCUT2D eigenvalue weighted by atomic mass is 16.5. The Kier molecular flexibility index (Phi) is 8.75. The van der Waals surface area contributed by atoms with Crippen LogP contribution < -0.4 is 4.90 Å². The Morgan fingerprint density at radius 1 is 0.725 bits per heavy atom. The molecule has 0 atom stereocenters. The van der Waals surface area contributed by atoms with Gasteiger partial charge in [0.15, 0.2) is 0 Å². The first-order chi connectivity index (χ1) is 18.9. The van der Waals surface area contributed by atoms with Crippen molar-refractivity contribution in [2.45, 2.75) is 65.7 Å². The number of benzene rings is 4. The minimum absolute atomic E-state index is 0.147. The third-order valence-corrected chi connectivity index (χ3v) is 7.86. The Hall–Kier alpha value is -3.56. The van der Waals surface area contributed by atoms with Crippen LogP contribution in [0.15, 0.2) is 84.9 Å². The average Bonchev–Trinajstić information content (AvgIpc) is 2.92. The first kappa shape index (κ1) is 29.4. The van der Waals surface area contributed by atoms with Gasteiger partial charge in [0.05, 0.1) is 5.69 Å². The highest BCUT2D eigenvalue weighted by molar-refractivity contribution is 5.85. The van der Waals surface area contributed by atoms with Crippen LogP contribution >= 0.6 is 0 Å². The lowest BCUT2D eigenvalue weighted by atomic mass is 9.77. The molecule has 4 aromatic rings. The second kappa shape index (κ2) is 11.9. The summed E-state index contributed by atoms with van der Waals surface area (Å²) < 4.78 is 5.43. The number of para-hydroxylation sites is 1. The largest absolute Gasteiger partial charge is 0.505 e. The molecule has 0 spiro atoms. The number of methoxy groups -OCH3 is 1. The van der Waals surface area contributed by atoms with Crippen molar-refractivity contribution in [3.8, 4) is 16.9 Å². The number of nitrogens with zero attached hydrogens (tertiary/aromatic N) is 1. The van der Waals surface area contributed by atoms with E-state index in [1.54, 1.807) is 7.11 Å². The van der Waals surface area contributed by atoms with Gasteiger partial charge >= 0.3 is 0 Å². The number of phenols is 1. The highest BCUT2D eigenvalue weighted by Gasteiger charge is 2.27. The van der Waals surface area contributed by atoms with Crippen molar-refractivity contribution in [2.24, 2.45) is 0 Å². The summed E-state index contributed by atoms with van der Waals surface area (Å²) in [5.41, 5.74) is 9.80. The van der Waals surface area contributed by atoms with Crippen LogP contribution in [0.25, 0.3) is 11.1 Å². The second-order valence-corrected chi connectivity index (χ2v) is 12.5. The normalized spacial score (nSPS) is 12.0. The van der Waals surface area contributed by atoms with E-state index < -0.39 is 0 Å². The SMILES string of the molecule is COCCCN(c1ccccc1-c1cc(C)cc(C(C)(C)c2ccccc2)c1)c1cc(C)cc(C(C)(C)C)c1O. The van der Waals surface area contributed by atoms with Gasteiger partial charge < -0.3 is 14.7 Å². The van der Waals surface area contributed by atoms with Gasteiger partial charge in [-0.05, 0) is 60.1 Å². The predicted molar refractivity (Wildman–Crippen MR) is 170 cm³/mol. The monoisotopic (exact) mass is 535 g/mol. The molecule has 210 valence electrons. The van der Waals surface area contributed by atoms with Crippen molar-refractivity contribution in [3.05, 3.63) is 113 Å². The zero-order chi connectivity index (χ0) is 29.1. The molecular weight excluding hydrogens is 490 g/mol. The zero-order valence-electron chi connectivity index (χ0n) is 25.5. The third kappa shape index (κ3) is 6.26. The van der Waals surface area contributed by atoms with E-state index in [9.17, 15) is 5.11 Å². The van der Waals surface area contributed by atoms with Gasteiger partial charge in [0, 0.05) is 42.5 Å². The molecule has 3 heteroatoms. The third-order valence-electron chi connectivity index (χ3n) is 7.86. The molecule has 3 nitrogen and oxygen atoms in total. The summed E-state index contributed by atoms with van der Waals surface area (Å²) >= 11 is 0. The van der Waals surface area contributed by atoms with Crippen LogP contribution in [-0.4, -0.2) is 25.4 Å². The van der Waals surface area contributed by atoms with Crippen LogP contribution in [0.4, 0.5) is 11.4 Å².